The van der Waals surface area contributed by atoms with Gasteiger partial charge in [-0.25, -0.2) is 4.39 Å². The van der Waals surface area contributed by atoms with Gasteiger partial charge in [0.05, 0.1) is 0 Å². The Morgan fingerprint density at radius 1 is 1.00 bits per heavy atom. The number of nitrogens with one attached hydrogen (secondary N) is 2. The second-order valence-electron chi connectivity index (χ2n) is 6.91. The van der Waals surface area contributed by atoms with Gasteiger partial charge in [-0.2, -0.15) is 5.26 Å². The summed E-state index contributed by atoms with van der Waals surface area (Å²) in [5.74, 6) is -0.950. The van der Waals surface area contributed by atoms with Crippen molar-refractivity contribution in [2.24, 2.45) is 0 Å². The molecule has 3 rings (SSSR count). The largest absolute Gasteiger partial charge is 0.484 e. The maximum absolute atomic E-state index is 13.0. The third-order valence-corrected chi connectivity index (χ3v) is 4.31. The maximum atomic E-state index is 13.0. The molecule has 0 atom stereocenters. The van der Waals surface area contributed by atoms with Gasteiger partial charge in [-0.05, 0) is 72.7 Å². The minimum Gasteiger partial charge on any atom is -0.484 e. The molecule has 0 saturated carbocycles. The quantitative estimate of drug-likeness (QED) is 0.421. The molecule has 160 valence electrons. The van der Waals surface area contributed by atoms with Crippen LogP contribution in [0.15, 0.2) is 78.4 Å². The Hall–Kier alpha value is -4.44. The van der Waals surface area contributed by atoms with Crippen LogP contribution in [0, 0.1) is 24.1 Å². The third kappa shape index (κ3) is 6.54. The van der Waals surface area contributed by atoms with E-state index in [1.807, 2.05) is 31.2 Å². The van der Waals surface area contributed by atoms with Gasteiger partial charge in [-0.15, -0.1) is 0 Å². The molecule has 0 spiro atoms. The van der Waals surface area contributed by atoms with E-state index in [4.69, 9.17) is 4.74 Å². The van der Waals surface area contributed by atoms with Gasteiger partial charge in [0.25, 0.3) is 11.8 Å². The number of hydrogen-bond acceptors (Lipinski definition) is 4. The van der Waals surface area contributed by atoms with Crippen molar-refractivity contribution in [3.63, 3.8) is 0 Å². The van der Waals surface area contributed by atoms with Crippen molar-refractivity contribution < 1.29 is 18.7 Å². The Kier molecular flexibility index (Phi) is 7.33. The molecule has 0 aromatic heterocycles. The van der Waals surface area contributed by atoms with Gasteiger partial charge in [0.1, 0.15) is 23.2 Å². The molecule has 0 bridgehead atoms. The predicted molar refractivity (Wildman–Crippen MR) is 120 cm³/mol. The lowest BCUT2D eigenvalue weighted by atomic mass is 10.1. The monoisotopic (exact) mass is 429 g/mol. The van der Waals surface area contributed by atoms with Gasteiger partial charge in [0.15, 0.2) is 6.61 Å². The zero-order valence-electron chi connectivity index (χ0n) is 17.3. The number of anilines is 2. The van der Waals surface area contributed by atoms with E-state index in [1.165, 1.54) is 30.3 Å². The molecule has 0 fully saturated rings. The number of nitriles is 1. The lowest BCUT2D eigenvalue weighted by Crippen LogP contribution is -2.20. The van der Waals surface area contributed by atoms with Crippen LogP contribution < -0.4 is 15.4 Å². The number of amides is 2. The van der Waals surface area contributed by atoms with Gasteiger partial charge in [0.2, 0.25) is 0 Å². The van der Waals surface area contributed by atoms with Crippen molar-refractivity contribution in [1.82, 2.24) is 0 Å². The van der Waals surface area contributed by atoms with E-state index in [2.05, 4.69) is 10.6 Å². The lowest BCUT2D eigenvalue weighted by molar-refractivity contribution is -0.118. The Morgan fingerprint density at radius 3 is 2.47 bits per heavy atom. The average Bonchev–Trinajstić information content (AvgIpc) is 2.78. The summed E-state index contributed by atoms with van der Waals surface area (Å²) in [6.07, 6.45) is 1.40. The molecule has 0 aliphatic rings. The van der Waals surface area contributed by atoms with Crippen molar-refractivity contribution in [2.45, 2.75) is 6.92 Å². The van der Waals surface area contributed by atoms with Crippen molar-refractivity contribution in [3.8, 4) is 11.8 Å². The maximum Gasteiger partial charge on any atom is 0.266 e. The summed E-state index contributed by atoms with van der Waals surface area (Å²) in [5.41, 5.74) is 2.49. The van der Waals surface area contributed by atoms with Crippen LogP contribution in [-0.4, -0.2) is 18.4 Å². The molecule has 2 amide bonds. The van der Waals surface area contributed by atoms with E-state index in [0.717, 1.165) is 5.56 Å². The summed E-state index contributed by atoms with van der Waals surface area (Å²) in [7, 11) is 0. The van der Waals surface area contributed by atoms with Crippen LogP contribution in [0.5, 0.6) is 5.75 Å². The highest BCUT2D eigenvalue weighted by Crippen LogP contribution is 2.17. The van der Waals surface area contributed by atoms with Gasteiger partial charge in [-0.1, -0.05) is 24.3 Å². The van der Waals surface area contributed by atoms with E-state index in [0.29, 0.717) is 22.7 Å². The van der Waals surface area contributed by atoms with Gasteiger partial charge in [-0.3, -0.25) is 9.59 Å². The fourth-order valence-corrected chi connectivity index (χ4v) is 2.81. The molecule has 7 heteroatoms. The Labute approximate surface area is 185 Å². The lowest BCUT2D eigenvalue weighted by Gasteiger charge is -2.09. The average molecular weight is 429 g/mol. The molecule has 0 heterocycles. The van der Waals surface area contributed by atoms with Crippen molar-refractivity contribution in [2.75, 3.05) is 17.2 Å². The Bertz CT molecular complexity index is 1200. The standard InChI is InChI=1S/C25H20FN3O3/c1-17-4-2-6-22(12-17)28-24(30)16-32-23-7-3-5-18(14-23)13-19(15-27)25(31)29-21-10-8-20(26)9-11-21/h2-14H,16H2,1H3,(H,28,30)(H,29,31)/b19-13+. The van der Waals surface area contributed by atoms with E-state index < -0.39 is 11.7 Å². The minimum absolute atomic E-state index is 0.135. The summed E-state index contributed by atoms with van der Waals surface area (Å²) in [6.45, 7) is 1.73. The first-order valence-electron chi connectivity index (χ1n) is 9.71. The number of rotatable bonds is 7. The normalized spacial score (nSPS) is 10.7. The number of hydrogen-bond donors (Lipinski definition) is 2. The van der Waals surface area contributed by atoms with Gasteiger partial charge < -0.3 is 15.4 Å². The second kappa shape index (κ2) is 10.5. The second-order valence-corrected chi connectivity index (χ2v) is 6.91. The molecule has 3 aromatic rings. The highest BCUT2D eigenvalue weighted by molar-refractivity contribution is 6.09. The molecule has 0 saturated heterocycles. The van der Waals surface area contributed by atoms with Crippen LogP contribution in [0.2, 0.25) is 0 Å². The first-order chi connectivity index (χ1) is 15.4. The van der Waals surface area contributed by atoms with E-state index in [-0.39, 0.29) is 18.1 Å². The summed E-state index contributed by atoms with van der Waals surface area (Å²) in [6, 6.07) is 21.2. The van der Waals surface area contributed by atoms with Crippen LogP contribution in [0.1, 0.15) is 11.1 Å². The molecule has 0 aliphatic heterocycles. The van der Waals surface area contributed by atoms with Crippen LogP contribution >= 0.6 is 0 Å². The molecule has 6 nitrogen and oxygen atoms in total. The summed E-state index contributed by atoms with van der Waals surface area (Å²) in [5, 5.41) is 14.7. The van der Waals surface area contributed by atoms with E-state index in [9.17, 15) is 19.2 Å². The zero-order valence-corrected chi connectivity index (χ0v) is 17.3. The SMILES string of the molecule is Cc1cccc(NC(=O)COc2cccc(/C=C(\C#N)C(=O)Nc3ccc(F)cc3)c2)c1. The fraction of sp³-hybridized carbons (Fsp3) is 0.0800. The van der Waals surface area contributed by atoms with Crippen molar-refractivity contribution >= 4 is 29.3 Å². The number of carbonyl (C=O) groups excluding carboxylic acids is 2. The number of nitrogens with zero attached hydrogens (tertiary/aromatic N) is 1. The highest BCUT2D eigenvalue weighted by atomic mass is 19.1. The van der Waals surface area contributed by atoms with Crippen LogP contribution in [0.4, 0.5) is 15.8 Å². The molecule has 2 N–H and O–H groups in total. The smallest absolute Gasteiger partial charge is 0.266 e. The number of benzene rings is 3. The zero-order chi connectivity index (χ0) is 22.9. The molecular weight excluding hydrogens is 409 g/mol. The highest BCUT2D eigenvalue weighted by Gasteiger charge is 2.10. The number of ether oxygens (including phenoxy) is 1. The fourth-order valence-electron chi connectivity index (χ4n) is 2.81. The van der Waals surface area contributed by atoms with Crippen LogP contribution in [0.3, 0.4) is 0 Å². The number of aryl methyl sites for hydroxylation is 1. The summed E-state index contributed by atoms with van der Waals surface area (Å²) in [4.78, 5) is 24.5. The molecule has 3 aromatic carbocycles. The predicted octanol–water partition coefficient (Wildman–Crippen LogP) is 4.70. The van der Waals surface area contributed by atoms with Gasteiger partial charge >= 0.3 is 0 Å². The summed E-state index contributed by atoms with van der Waals surface area (Å²) < 4.78 is 18.5. The van der Waals surface area contributed by atoms with Crippen LogP contribution in [0.25, 0.3) is 6.08 Å². The number of halogens is 1. The van der Waals surface area contributed by atoms with Crippen LogP contribution in [-0.2, 0) is 9.59 Å². The Morgan fingerprint density at radius 2 is 1.75 bits per heavy atom. The molecule has 32 heavy (non-hydrogen) atoms. The van der Waals surface area contributed by atoms with E-state index >= 15 is 0 Å². The third-order valence-electron chi connectivity index (χ3n) is 4.31. The molecule has 0 unspecified atom stereocenters. The van der Waals surface area contributed by atoms with Crippen molar-refractivity contribution in [3.05, 3.63) is 95.3 Å². The minimum atomic E-state index is -0.622. The molecule has 0 radical (unpaired) electrons. The molecular formula is C25H20FN3O3. The summed E-state index contributed by atoms with van der Waals surface area (Å²) >= 11 is 0. The van der Waals surface area contributed by atoms with Gasteiger partial charge in [0, 0.05) is 11.4 Å². The van der Waals surface area contributed by atoms with E-state index in [1.54, 1.807) is 30.3 Å². The number of carbonyl (C=O) groups is 2. The Balaban J connectivity index is 1.62. The first kappa shape index (κ1) is 22.2. The molecule has 0 aliphatic carbocycles. The topological polar surface area (TPSA) is 91.2 Å². The van der Waals surface area contributed by atoms with Crippen molar-refractivity contribution in [1.29, 1.82) is 5.26 Å². The first-order valence-corrected chi connectivity index (χ1v) is 9.71.